The van der Waals surface area contributed by atoms with Gasteiger partial charge >= 0.3 is 0 Å². The van der Waals surface area contributed by atoms with Crippen molar-refractivity contribution in [3.05, 3.63) is 30.3 Å². The lowest BCUT2D eigenvalue weighted by molar-refractivity contribution is 0.302. The van der Waals surface area contributed by atoms with E-state index in [1.807, 2.05) is 0 Å². The third kappa shape index (κ3) is 2.19. The van der Waals surface area contributed by atoms with Gasteiger partial charge in [0.2, 0.25) is 0 Å². The average molecular weight is 230 g/mol. The number of nitrogens with two attached hydrogens (primary N) is 1. The molecule has 0 aromatic heterocycles. The molecule has 0 amide bonds. The zero-order valence-electron chi connectivity index (χ0n) is 10.4. The van der Waals surface area contributed by atoms with Gasteiger partial charge in [0.1, 0.15) is 0 Å². The predicted octanol–water partition coefficient (Wildman–Crippen LogP) is 2.64. The number of piperidine rings is 1. The van der Waals surface area contributed by atoms with E-state index in [0.717, 1.165) is 12.5 Å². The minimum absolute atomic E-state index is 0.705. The first-order valence-corrected chi connectivity index (χ1v) is 6.92. The van der Waals surface area contributed by atoms with Gasteiger partial charge in [0.05, 0.1) is 0 Å². The van der Waals surface area contributed by atoms with Crippen LogP contribution in [0.1, 0.15) is 25.7 Å². The van der Waals surface area contributed by atoms with E-state index in [2.05, 4.69) is 35.2 Å². The van der Waals surface area contributed by atoms with E-state index >= 15 is 0 Å². The SMILES string of the molecule is NC[C@H]1CCCN(c2ccccc2)[C@@H]1C1CC1. The first kappa shape index (κ1) is 11.1. The van der Waals surface area contributed by atoms with Gasteiger partial charge in [0.25, 0.3) is 0 Å². The molecule has 1 aromatic rings. The molecule has 2 fully saturated rings. The van der Waals surface area contributed by atoms with Gasteiger partial charge in [-0.3, -0.25) is 0 Å². The Labute approximate surface area is 104 Å². The van der Waals surface area contributed by atoms with Crippen molar-refractivity contribution in [3.8, 4) is 0 Å². The molecule has 92 valence electrons. The lowest BCUT2D eigenvalue weighted by Crippen LogP contribution is -2.49. The fourth-order valence-electron chi connectivity index (χ4n) is 3.35. The molecule has 0 spiro atoms. The highest BCUT2D eigenvalue weighted by molar-refractivity contribution is 5.48. The molecule has 1 aliphatic carbocycles. The Morgan fingerprint density at radius 2 is 1.88 bits per heavy atom. The zero-order valence-corrected chi connectivity index (χ0v) is 10.4. The van der Waals surface area contributed by atoms with Gasteiger partial charge in [-0.05, 0) is 56.2 Å². The maximum atomic E-state index is 5.97. The van der Waals surface area contributed by atoms with Crippen LogP contribution in [0.3, 0.4) is 0 Å². The first-order chi connectivity index (χ1) is 8.40. The molecule has 1 aromatic carbocycles. The fourth-order valence-corrected chi connectivity index (χ4v) is 3.35. The molecule has 2 heteroatoms. The van der Waals surface area contributed by atoms with Crippen LogP contribution >= 0.6 is 0 Å². The molecule has 1 saturated heterocycles. The zero-order chi connectivity index (χ0) is 11.7. The normalized spacial score (nSPS) is 29.4. The Bertz CT molecular complexity index is 358. The Morgan fingerprint density at radius 3 is 2.53 bits per heavy atom. The highest BCUT2D eigenvalue weighted by Crippen LogP contribution is 2.43. The van der Waals surface area contributed by atoms with E-state index in [0.29, 0.717) is 12.0 Å². The topological polar surface area (TPSA) is 29.3 Å². The highest BCUT2D eigenvalue weighted by atomic mass is 15.2. The molecule has 1 saturated carbocycles. The van der Waals surface area contributed by atoms with Crippen LogP contribution in [-0.2, 0) is 0 Å². The summed E-state index contributed by atoms with van der Waals surface area (Å²) in [4.78, 5) is 2.62. The monoisotopic (exact) mass is 230 g/mol. The Hall–Kier alpha value is -1.02. The van der Waals surface area contributed by atoms with Gasteiger partial charge < -0.3 is 10.6 Å². The molecule has 0 unspecified atom stereocenters. The van der Waals surface area contributed by atoms with Gasteiger partial charge in [0.15, 0.2) is 0 Å². The van der Waals surface area contributed by atoms with Crippen LogP contribution in [0.2, 0.25) is 0 Å². The summed E-state index contributed by atoms with van der Waals surface area (Å²) in [6.45, 7) is 2.06. The predicted molar refractivity (Wildman–Crippen MR) is 72.1 cm³/mol. The van der Waals surface area contributed by atoms with Crippen molar-refractivity contribution in [2.45, 2.75) is 31.7 Å². The Morgan fingerprint density at radius 1 is 1.12 bits per heavy atom. The number of para-hydroxylation sites is 1. The molecule has 1 heterocycles. The second-order valence-electron chi connectivity index (χ2n) is 5.49. The van der Waals surface area contributed by atoms with Crippen molar-refractivity contribution in [2.24, 2.45) is 17.6 Å². The van der Waals surface area contributed by atoms with Crippen molar-refractivity contribution < 1.29 is 0 Å². The van der Waals surface area contributed by atoms with Gasteiger partial charge in [0, 0.05) is 18.3 Å². The van der Waals surface area contributed by atoms with Crippen LogP contribution in [0.25, 0.3) is 0 Å². The number of hydrogen-bond acceptors (Lipinski definition) is 2. The van der Waals surface area contributed by atoms with Gasteiger partial charge in [-0.1, -0.05) is 18.2 Å². The maximum Gasteiger partial charge on any atom is 0.0368 e. The van der Waals surface area contributed by atoms with Crippen molar-refractivity contribution >= 4 is 5.69 Å². The lowest BCUT2D eigenvalue weighted by Gasteiger charge is -2.43. The van der Waals surface area contributed by atoms with Crippen LogP contribution in [0.4, 0.5) is 5.69 Å². The molecule has 2 atom stereocenters. The number of rotatable bonds is 3. The molecule has 2 N–H and O–H groups in total. The molecule has 0 radical (unpaired) electrons. The molecule has 2 aliphatic rings. The van der Waals surface area contributed by atoms with Crippen molar-refractivity contribution in [1.82, 2.24) is 0 Å². The number of benzene rings is 1. The summed E-state index contributed by atoms with van der Waals surface area (Å²) >= 11 is 0. The fraction of sp³-hybridized carbons (Fsp3) is 0.600. The first-order valence-electron chi connectivity index (χ1n) is 6.92. The van der Waals surface area contributed by atoms with E-state index in [9.17, 15) is 0 Å². The van der Waals surface area contributed by atoms with Crippen molar-refractivity contribution in [2.75, 3.05) is 18.0 Å². The quantitative estimate of drug-likeness (QED) is 0.865. The van der Waals surface area contributed by atoms with Crippen molar-refractivity contribution in [1.29, 1.82) is 0 Å². The molecule has 2 nitrogen and oxygen atoms in total. The van der Waals surface area contributed by atoms with Crippen LogP contribution in [0.15, 0.2) is 30.3 Å². The molecular weight excluding hydrogens is 208 g/mol. The second kappa shape index (κ2) is 4.69. The second-order valence-corrected chi connectivity index (χ2v) is 5.49. The van der Waals surface area contributed by atoms with E-state index < -0.39 is 0 Å². The maximum absolute atomic E-state index is 5.97. The van der Waals surface area contributed by atoms with Crippen LogP contribution in [-0.4, -0.2) is 19.1 Å². The number of anilines is 1. The molecule has 0 bridgehead atoms. The molecule has 3 rings (SSSR count). The average Bonchev–Trinajstić information content (AvgIpc) is 3.23. The summed E-state index contributed by atoms with van der Waals surface area (Å²) in [6, 6.07) is 11.6. The molecule has 1 aliphatic heterocycles. The Kier molecular flexibility index (Phi) is 3.06. The van der Waals surface area contributed by atoms with E-state index in [4.69, 9.17) is 5.73 Å². The summed E-state index contributed by atoms with van der Waals surface area (Å²) in [6.07, 6.45) is 5.43. The third-order valence-electron chi connectivity index (χ3n) is 4.31. The summed E-state index contributed by atoms with van der Waals surface area (Å²) in [5.41, 5.74) is 7.36. The van der Waals surface area contributed by atoms with Crippen LogP contribution < -0.4 is 10.6 Å². The van der Waals surface area contributed by atoms with Crippen molar-refractivity contribution in [3.63, 3.8) is 0 Å². The molecule has 17 heavy (non-hydrogen) atoms. The largest absolute Gasteiger partial charge is 0.368 e. The summed E-state index contributed by atoms with van der Waals surface area (Å²) in [5, 5.41) is 0. The number of hydrogen-bond donors (Lipinski definition) is 1. The summed E-state index contributed by atoms with van der Waals surface area (Å²) in [5.74, 6) is 1.61. The van der Waals surface area contributed by atoms with E-state index in [1.54, 1.807) is 0 Å². The third-order valence-corrected chi connectivity index (χ3v) is 4.31. The van der Waals surface area contributed by atoms with Gasteiger partial charge in [-0.2, -0.15) is 0 Å². The van der Waals surface area contributed by atoms with E-state index in [-0.39, 0.29) is 0 Å². The van der Waals surface area contributed by atoms with Crippen LogP contribution in [0.5, 0.6) is 0 Å². The molecular formula is C15H22N2. The van der Waals surface area contributed by atoms with Gasteiger partial charge in [-0.25, -0.2) is 0 Å². The smallest absolute Gasteiger partial charge is 0.0368 e. The highest BCUT2D eigenvalue weighted by Gasteiger charge is 2.41. The minimum Gasteiger partial charge on any atom is -0.368 e. The standard InChI is InChI=1S/C15H22N2/c16-11-13-5-4-10-17(15(13)12-8-9-12)14-6-2-1-3-7-14/h1-3,6-7,12-13,15H,4-5,8-11,16H2/t13-,15-/m1/s1. The van der Waals surface area contributed by atoms with Gasteiger partial charge in [-0.15, -0.1) is 0 Å². The van der Waals surface area contributed by atoms with E-state index in [1.165, 1.54) is 37.9 Å². The Balaban J connectivity index is 1.85. The lowest BCUT2D eigenvalue weighted by atomic mass is 9.85. The summed E-state index contributed by atoms with van der Waals surface area (Å²) in [7, 11) is 0. The minimum atomic E-state index is 0.705. The van der Waals surface area contributed by atoms with Crippen LogP contribution in [0, 0.1) is 11.8 Å². The number of nitrogens with zero attached hydrogens (tertiary/aromatic N) is 1. The summed E-state index contributed by atoms with van der Waals surface area (Å²) < 4.78 is 0.